The van der Waals surface area contributed by atoms with E-state index in [4.69, 9.17) is 9.47 Å². The van der Waals surface area contributed by atoms with Crippen LogP contribution >= 0.6 is 11.3 Å². The number of rotatable bonds is 3. The van der Waals surface area contributed by atoms with Crippen molar-refractivity contribution in [3.8, 4) is 5.06 Å². The average Bonchev–Trinajstić information content (AvgIpc) is 2.97. The molecule has 5 heteroatoms. The number of carbonyl (C=O) groups excluding carboxylic acids is 2. The molecule has 0 aliphatic carbocycles. The van der Waals surface area contributed by atoms with Gasteiger partial charge in [0.05, 0.1) is 23.8 Å². The van der Waals surface area contributed by atoms with Crippen molar-refractivity contribution >= 4 is 38.9 Å². The molecule has 0 saturated carbocycles. The molecule has 0 fully saturated rings. The lowest BCUT2D eigenvalue weighted by Gasteiger charge is -2.03. The van der Waals surface area contributed by atoms with Crippen LogP contribution in [0.1, 0.15) is 12.5 Å². The average molecular weight is 300 g/mol. The van der Waals surface area contributed by atoms with Gasteiger partial charge in [-0.1, -0.05) is 41.7 Å². The third-order valence-electron chi connectivity index (χ3n) is 3.21. The monoisotopic (exact) mass is 300 g/mol. The number of cyclic esters (lactones) is 2. The number of fused-ring (bicyclic) bond motifs is 1. The first-order chi connectivity index (χ1) is 10.2. The first-order valence-corrected chi connectivity index (χ1v) is 7.18. The molecule has 0 saturated heterocycles. The van der Waals surface area contributed by atoms with E-state index in [2.05, 4.69) is 0 Å². The summed E-state index contributed by atoms with van der Waals surface area (Å²) >= 11 is 1.43. The van der Waals surface area contributed by atoms with E-state index in [0.29, 0.717) is 10.6 Å². The number of hydrogen-bond donors (Lipinski definition) is 0. The SMILES string of the molecule is C/C=C/C1=C(c2c(OC)sc3ccccc23)C(=O)OC1=O. The molecule has 21 heavy (non-hydrogen) atoms. The van der Waals surface area contributed by atoms with Gasteiger partial charge >= 0.3 is 11.9 Å². The van der Waals surface area contributed by atoms with Gasteiger partial charge < -0.3 is 9.47 Å². The van der Waals surface area contributed by atoms with Crippen LogP contribution in [0.2, 0.25) is 0 Å². The molecule has 0 bridgehead atoms. The second-order valence-electron chi connectivity index (χ2n) is 4.43. The van der Waals surface area contributed by atoms with Gasteiger partial charge in [-0.2, -0.15) is 0 Å². The zero-order valence-electron chi connectivity index (χ0n) is 11.5. The molecule has 0 unspecified atom stereocenters. The van der Waals surface area contributed by atoms with Gasteiger partial charge in [0.2, 0.25) is 0 Å². The van der Waals surface area contributed by atoms with E-state index in [1.54, 1.807) is 26.2 Å². The van der Waals surface area contributed by atoms with Crippen LogP contribution in [0.3, 0.4) is 0 Å². The van der Waals surface area contributed by atoms with Gasteiger partial charge in [0.15, 0.2) is 5.06 Å². The van der Waals surface area contributed by atoms with Crippen molar-refractivity contribution in [3.63, 3.8) is 0 Å². The van der Waals surface area contributed by atoms with E-state index in [-0.39, 0.29) is 11.1 Å². The Morgan fingerprint density at radius 2 is 1.95 bits per heavy atom. The Labute approximate surface area is 125 Å². The minimum atomic E-state index is -0.630. The van der Waals surface area contributed by atoms with Crippen LogP contribution in [-0.2, 0) is 14.3 Å². The maximum absolute atomic E-state index is 12.1. The molecule has 0 atom stereocenters. The van der Waals surface area contributed by atoms with Crippen molar-refractivity contribution < 1.29 is 19.1 Å². The first-order valence-electron chi connectivity index (χ1n) is 6.36. The topological polar surface area (TPSA) is 52.6 Å². The minimum absolute atomic E-state index is 0.268. The molecular formula is C16H12O4S. The molecule has 3 rings (SSSR count). The Morgan fingerprint density at radius 3 is 2.67 bits per heavy atom. The van der Waals surface area contributed by atoms with Gasteiger partial charge in [-0.15, -0.1) is 0 Å². The number of benzene rings is 1. The molecular weight excluding hydrogens is 288 g/mol. The summed E-state index contributed by atoms with van der Waals surface area (Å²) in [6.07, 6.45) is 3.30. The van der Waals surface area contributed by atoms with Crippen molar-refractivity contribution in [1.29, 1.82) is 0 Å². The Bertz CT molecular complexity index is 811. The van der Waals surface area contributed by atoms with Crippen LogP contribution in [0.25, 0.3) is 15.7 Å². The number of ether oxygens (including phenoxy) is 2. The Hall–Kier alpha value is -2.40. The third kappa shape index (κ3) is 2.06. The smallest absolute Gasteiger partial charge is 0.347 e. The number of allylic oxidation sites excluding steroid dienone is 1. The maximum Gasteiger partial charge on any atom is 0.347 e. The number of thiophene rings is 1. The van der Waals surface area contributed by atoms with E-state index in [1.807, 2.05) is 24.3 Å². The molecule has 0 spiro atoms. The van der Waals surface area contributed by atoms with Crippen molar-refractivity contribution in [2.75, 3.05) is 7.11 Å². The van der Waals surface area contributed by atoms with E-state index < -0.39 is 11.9 Å². The Balaban J connectivity index is 2.37. The van der Waals surface area contributed by atoms with Crippen molar-refractivity contribution in [3.05, 3.63) is 47.6 Å². The van der Waals surface area contributed by atoms with Gasteiger partial charge in [0.1, 0.15) is 0 Å². The minimum Gasteiger partial charge on any atom is -0.487 e. The molecule has 1 aliphatic rings. The molecule has 0 amide bonds. The number of carbonyl (C=O) groups is 2. The highest BCUT2D eigenvalue weighted by Crippen LogP contribution is 2.44. The van der Waals surface area contributed by atoms with Gasteiger partial charge in [-0.05, 0) is 13.0 Å². The van der Waals surface area contributed by atoms with E-state index >= 15 is 0 Å². The molecule has 0 N–H and O–H groups in total. The van der Waals surface area contributed by atoms with Crippen molar-refractivity contribution in [2.45, 2.75) is 6.92 Å². The fourth-order valence-corrected chi connectivity index (χ4v) is 3.38. The second-order valence-corrected chi connectivity index (χ2v) is 5.45. The van der Waals surface area contributed by atoms with Gasteiger partial charge in [-0.25, -0.2) is 9.59 Å². The third-order valence-corrected chi connectivity index (χ3v) is 4.34. The molecule has 0 radical (unpaired) electrons. The summed E-state index contributed by atoms with van der Waals surface area (Å²) in [5, 5.41) is 1.47. The van der Waals surface area contributed by atoms with Crippen molar-refractivity contribution in [1.82, 2.24) is 0 Å². The zero-order valence-corrected chi connectivity index (χ0v) is 12.3. The van der Waals surface area contributed by atoms with E-state index in [0.717, 1.165) is 10.1 Å². The van der Waals surface area contributed by atoms with Crippen LogP contribution in [0.5, 0.6) is 5.06 Å². The summed E-state index contributed by atoms with van der Waals surface area (Å²) in [5.74, 6) is -1.25. The standard InChI is InChI=1S/C16H12O4S/c1-3-6-10-12(15(18)20-14(10)17)13-9-7-4-5-8-11(9)21-16(13)19-2/h3-8H,1-2H3/b6-3+. The number of methoxy groups -OCH3 is 1. The molecule has 2 aromatic rings. The predicted molar refractivity (Wildman–Crippen MR) is 81.2 cm³/mol. The van der Waals surface area contributed by atoms with Crippen LogP contribution in [0, 0.1) is 0 Å². The predicted octanol–water partition coefficient (Wildman–Crippen LogP) is 3.32. The number of hydrogen-bond acceptors (Lipinski definition) is 5. The molecule has 106 valence electrons. The Kier molecular flexibility index (Phi) is 3.35. The normalized spacial score (nSPS) is 15.3. The molecule has 1 aliphatic heterocycles. The summed E-state index contributed by atoms with van der Waals surface area (Å²) in [6, 6.07) is 7.65. The quantitative estimate of drug-likeness (QED) is 0.644. The lowest BCUT2D eigenvalue weighted by Crippen LogP contribution is -2.02. The highest BCUT2D eigenvalue weighted by Gasteiger charge is 2.35. The van der Waals surface area contributed by atoms with Crippen LogP contribution in [0.4, 0.5) is 0 Å². The fraction of sp³-hybridized carbons (Fsp3) is 0.125. The fourth-order valence-electron chi connectivity index (χ4n) is 2.36. The summed E-state index contributed by atoms with van der Waals surface area (Å²) in [6.45, 7) is 1.78. The molecule has 1 aromatic heterocycles. The van der Waals surface area contributed by atoms with Gasteiger partial charge in [0.25, 0.3) is 0 Å². The molecule has 4 nitrogen and oxygen atoms in total. The highest BCUT2D eigenvalue weighted by atomic mass is 32.1. The van der Waals surface area contributed by atoms with E-state index in [9.17, 15) is 9.59 Å². The van der Waals surface area contributed by atoms with Crippen molar-refractivity contribution in [2.24, 2.45) is 0 Å². The maximum atomic E-state index is 12.1. The van der Waals surface area contributed by atoms with E-state index in [1.165, 1.54) is 11.3 Å². The summed E-state index contributed by atoms with van der Waals surface area (Å²) in [4.78, 5) is 23.9. The summed E-state index contributed by atoms with van der Waals surface area (Å²) in [5.41, 5.74) is 1.17. The Morgan fingerprint density at radius 1 is 1.19 bits per heavy atom. The zero-order chi connectivity index (χ0) is 15.0. The van der Waals surface area contributed by atoms with Crippen LogP contribution in [-0.4, -0.2) is 19.0 Å². The largest absolute Gasteiger partial charge is 0.487 e. The lowest BCUT2D eigenvalue weighted by molar-refractivity contribution is -0.150. The summed E-state index contributed by atoms with van der Waals surface area (Å²) in [7, 11) is 1.55. The summed E-state index contributed by atoms with van der Waals surface area (Å²) < 4.78 is 11.1. The highest BCUT2D eigenvalue weighted by molar-refractivity contribution is 7.21. The lowest BCUT2D eigenvalue weighted by atomic mass is 10.00. The molecule has 2 heterocycles. The van der Waals surface area contributed by atoms with Gasteiger partial charge in [-0.3, -0.25) is 0 Å². The van der Waals surface area contributed by atoms with Crippen LogP contribution < -0.4 is 4.74 Å². The van der Waals surface area contributed by atoms with Crippen LogP contribution in [0.15, 0.2) is 42.0 Å². The first kappa shape index (κ1) is 13.6. The second kappa shape index (κ2) is 5.18. The molecule has 1 aromatic carbocycles. The van der Waals surface area contributed by atoms with Gasteiger partial charge in [0, 0.05) is 10.1 Å². The number of esters is 2.